The predicted octanol–water partition coefficient (Wildman–Crippen LogP) is 13.5. The van der Waals surface area contributed by atoms with Gasteiger partial charge in [-0.15, -0.1) is 0 Å². The van der Waals surface area contributed by atoms with E-state index in [1.54, 1.807) is 0 Å². The summed E-state index contributed by atoms with van der Waals surface area (Å²) in [7, 11) is 0. The average Bonchev–Trinajstić information content (AvgIpc) is 3.62. The number of aryl methyl sites for hydroxylation is 2. The summed E-state index contributed by atoms with van der Waals surface area (Å²) in [5.74, 6) is 1.75. The Bertz CT molecular complexity index is 3050. The van der Waals surface area contributed by atoms with Gasteiger partial charge in [-0.2, -0.15) is 5.26 Å². The maximum atomic E-state index is 9.88. The monoisotopic (exact) mass is 755 g/mol. The minimum atomic E-state index is 0.560. The van der Waals surface area contributed by atoms with Crippen LogP contribution in [0.5, 0.6) is 0 Å². The lowest BCUT2D eigenvalue weighted by molar-refractivity contribution is 1.06. The topological polar surface area (TPSA) is 67.4 Å². The first-order valence-electron chi connectivity index (χ1n) is 19.7. The molecule has 5 nitrogen and oxygen atoms in total. The van der Waals surface area contributed by atoms with Gasteiger partial charge in [0.05, 0.1) is 28.4 Å². The van der Waals surface area contributed by atoms with Gasteiger partial charge in [0.1, 0.15) is 0 Å². The van der Waals surface area contributed by atoms with Gasteiger partial charge >= 0.3 is 0 Å². The molecule has 8 aromatic carbocycles. The lowest BCUT2D eigenvalue weighted by atomic mass is 9.99. The number of hydrogen-bond donors (Lipinski definition) is 0. The van der Waals surface area contributed by atoms with Gasteiger partial charge in [0.2, 0.25) is 0 Å². The van der Waals surface area contributed by atoms with Crippen LogP contribution in [0, 0.1) is 25.2 Å². The van der Waals surface area contributed by atoms with E-state index in [2.05, 4.69) is 134 Å². The molecule has 0 aliphatic heterocycles. The Morgan fingerprint density at radius 2 is 0.831 bits per heavy atom. The molecule has 0 aliphatic carbocycles. The van der Waals surface area contributed by atoms with E-state index in [4.69, 9.17) is 15.0 Å². The van der Waals surface area contributed by atoms with Crippen LogP contribution in [-0.4, -0.2) is 19.5 Å². The normalized spacial score (nSPS) is 11.2. The molecule has 5 heteroatoms. The fraction of sp³-hybridized carbons (Fsp3) is 0.0370. The van der Waals surface area contributed by atoms with Crippen LogP contribution < -0.4 is 0 Å². The molecule has 278 valence electrons. The van der Waals surface area contributed by atoms with Crippen molar-refractivity contribution in [2.24, 2.45) is 0 Å². The lowest BCUT2D eigenvalue weighted by Crippen LogP contribution is -2.04. The van der Waals surface area contributed by atoms with E-state index in [0.717, 1.165) is 77.6 Å². The number of fused-ring (bicyclic) bond motifs is 3. The van der Waals surface area contributed by atoms with E-state index in [0.29, 0.717) is 23.0 Å². The Kier molecular flexibility index (Phi) is 8.93. The van der Waals surface area contributed by atoms with Gasteiger partial charge in [0.25, 0.3) is 0 Å². The van der Waals surface area contributed by atoms with Gasteiger partial charge in [-0.25, -0.2) is 15.0 Å². The largest absolute Gasteiger partial charge is 0.308 e. The second kappa shape index (κ2) is 14.9. The van der Waals surface area contributed by atoms with Crippen molar-refractivity contribution in [3.8, 4) is 79.3 Å². The second-order valence-corrected chi connectivity index (χ2v) is 15.0. The Labute approximate surface area is 343 Å². The molecule has 0 fully saturated rings. The van der Waals surface area contributed by atoms with Crippen LogP contribution >= 0.6 is 0 Å². The van der Waals surface area contributed by atoms with Crippen LogP contribution in [0.4, 0.5) is 0 Å². The zero-order valence-corrected chi connectivity index (χ0v) is 32.6. The van der Waals surface area contributed by atoms with Gasteiger partial charge in [0.15, 0.2) is 17.5 Å². The van der Waals surface area contributed by atoms with Crippen LogP contribution in [0.15, 0.2) is 188 Å². The molecule has 59 heavy (non-hydrogen) atoms. The number of benzene rings is 8. The first-order valence-corrected chi connectivity index (χ1v) is 19.7. The minimum Gasteiger partial charge on any atom is -0.308 e. The molecule has 2 heterocycles. The molecule has 0 spiro atoms. The molecule has 0 amide bonds. The number of aromatic nitrogens is 4. The third kappa shape index (κ3) is 6.73. The molecule has 0 bridgehead atoms. The average molecular weight is 756 g/mol. The van der Waals surface area contributed by atoms with E-state index < -0.39 is 0 Å². The fourth-order valence-electron chi connectivity index (χ4n) is 7.91. The van der Waals surface area contributed by atoms with E-state index in [-0.39, 0.29) is 0 Å². The van der Waals surface area contributed by atoms with Crippen LogP contribution in [0.3, 0.4) is 0 Å². The van der Waals surface area contributed by atoms with Gasteiger partial charge in [0, 0.05) is 27.5 Å². The standard InChI is InChI=1S/C54H37N5/c1-35-16-20-38(21-17-35)43-24-27-46-47-28-25-44(39-22-18-36(2)19-23-39)32-50(47)59(49(46)31-43)51-33-45(42-15-9-10-37(30-42)34-55)26-29-48(51)54-57-52(40-11-5-3-6-12-40)56-53(58-54)41-13-7-4-8-14-41/h3-33H,1-2H3. The third-order valence-corrected chi connectivity index (χ3v) is 11.0. The molecule has 2 aromatic heterocycles. The van der Waals surface area contributed by atoms with E-state index in [9.17, 15) is 5.26 Å². The highest BCUT2D eigenvalue weighted by atomic mass is 15.1. The Hall–Kier alpha value is -7.94. The molecule has 0 saturated heterocycles. The minimum absolute atomic E-state index is 0.560. The van der Waals surface area contributed by atoms with Crippen molar-refractivity contribution in [2.45, 2.75) is 13.8 Å². The molecule has 0 radical (unpaired) electrons. The Morgan fingerprint density at radius 3 is 1.36 bits per heavy atom. The number of nitriles is 1. The van der Waals surface area contributed by atoms with Crippen LogP contribution in [0.1, 0.15) is 16.7 Å². The van der Waals surface area contributed by atoms with Crippen molar-refractivity contribution in [3.05, 3.63) is 205 Å². The summed E-state index contributed by atoms with van der Waals surface area (Å²) >= 11 is 0. The zero-order valence-electron chi connectivity index (χ0n) is 32.6. The molecule has 0 N–H and O–H groups in total. The van der Waals surface area contributed by atoms with Gasteiger partial charge in [-0.05, 0) is 83.6 Å². The van der Waals surface area contributed by atoms with Crippen molar-refractivity contribution >= 4 is 21.8 Å². The van der Waals surface area contributed by atoms with Crippen LogP contribution in [-0.2, 0) is 0 Å². The summed E-state index contributed by atoms with van der Waals surface area (Å²) in [5, 5.41) is 12.2. The van der Waals surface area contributed by atoms with Gasteiger partial charge in [-0.1, -0.05) is 163 Å². The predicted molar refractivity (Wildman–Crippen MR) is 241 cm³/mol. The van der Waals surface area contributed by atoms with Crippen LogP contribution in [0.2, 0.25) is 0 Å². The molecular formula is C54H37N5. The van der Waals surface area contributed by atoms with Gasteiger partial charge in [-0.3, -0.25) is 0 Å². The second-order valence-electron chi connectivity index (χ2n) is 15.0. The number of rotatable bonds is 7. The summed E-state index contributed by atoms with van der Waals surface area (Å²) in [5.41, 5.74) is 15.2. The van der Waals surface area contributed by atoms with E-state index in [1.165, 1.54) is 11.1 Å². The lowest BCUT2D eigenvalue weighted by Gasteiger charge is -2.17. The van der Waals surface area contributed by atoms with Crippen molar-refractivity contribution in [1.29, 1.82) is 5.26 Å². The molecule has 10 aromatic rings. The summed E-state index contributed by atoms with van der Waals surface area (Å²) in [4.78, 5) is 15.5. The molecular weight excluding hydrogens is 719 g/mol. The molecule has 0 aliphatic rings. The molecule has 0 atom stereocenters. The van der Waals surface area contributed by atoms with Crippen molar-refractivity contribution in [1.82, 2.24) is 19.5 Å². The quantitative estimate of drug-likeness (QED) is 0.162. The Balaban J connectivity index is 1.31. The smallest absolute Gasteiger partial charge is 0.166 e. The van der Waals surface area contributed by atoms with E-state index >= 15 is 0 Å². The highest BCUT2D eigenvalue weighted by Gasteiger charge is 2.21. The van der Waals surface area contributed by atoms with Crippen molar-refractivity contribution in [2.75, 3.05) is 0 Å². The SMILES string of the molecule is Cc1ccc(-c2ccc3c4ccc(-c5ccc(C)cc5)cc4n(-c4cc(-c5cccc(C#N)c5)ccc4-c4nc(-c5ccccc5)nc(-c5ccccc5)n4)c3c2)cc1. The fourth-order valence-corrected chi connectivity index (χ4v) is 7.91. The summed E-state index contributed by atoms with van der Waals surface area (Å²) in [6.45, 7) is 4.23. The first kappa shape index (κ1) is 35.5. The summed E-state index contributed by atoms with van der Waals surface area (Å²) < 4.78 is 2.38. The number of hydrogen-bond acceptors (Lipinski definition) is 4. The Morgan fingerprint density at radius 1 is 0.390 bits per heavy atom. The maximum Gasteiger partial charge on any atom is 0.166 e. The highest BCUT2D eigenvalue weighted by molar-refractivity contribution is 6.11. The third-order valence-electron chi connectivity index (χ3n) is 11.0. The number of nitrogens with zero attached hydrogens (tertiary/aromatic N) is 5. The zero-order chi connectivity index (χ0) is 39.9. The molecule has 10 rings (SSSR count). The first-order chi connectivity index (χ1) is 29.0. The van der Waals surface area contributed by atoms with Gasteiger partial charge < -0.3 is 4.57 Å². The molecule has 0 unspecified atom stereocenters. The van der Waals surface area contributed by atoms with E-state index in [1.807, 2.05) is 78.9 Å². The molecule has 0 saturated carbocycles. The maximum absolute atomic E-state index is 9.88. The van der Waals surface area contributed by atoms with Crippen molar-refractivity contribution in [3.63, 3.8) is 0 Å². The highest BCUT2D eigenvalue weighted by Crippen LogP contribution is 2.41. The summed E-state index contributed by atoms with van der Waals surface area (Å²) in [6, 6.07) is 67.7. The summed E-state index contributed by atoms with van der Waals surface area (Å²) in [6.07, 6.45) is 0. The van der Waals surface area contributed by atoms with Crippen molar-refractivity contribution < 1.29 is 0 Å². The van der Waals surface area contributed by atoms with Crippen LogP contribution in [0.25, 0.3) is 95.0 Å².